The third-order valence-corrected chi connectivity index (χ3v) is 4.50. The quantitative estimate of drug-likeness (QED) is 0.469. The zero-order chi connectivity index (χ0) is 22.2. The van der Waals surface area contributed by atoms with E-state index in [9.17, 15) is 9.59 Å². The minimum absolute atomic E-state index is 0.309. The lowest BCUT2D eigenvalue weighted by molar-refractivity contribution is 0.101. The first-order valence-corrected chi connectivity index (χ1v) is 9.63. The van der Waals surface area contributed by atoms with E-state index in [-0.39, 0.29) is 11.8 Å². The van der Waals surface area contributed by atoms with E-state index in [4.69, 9.17) is 11.0 Å². The Kier molecular flexibility index (Phi) is 6.93. The summed E-state index contributed by atoms with van der Waals surface area (Å²) >= 11 is 0. The first-order chi connectivity index (χ1) is 15.0. The average molecular weight is 414 g/mol. The van der Waals surface area contributed by atoms with Crippen molar-refractivity contribution in [2.24, 2.45) is 5.73 Å². The number of carbonyl (C=O) groups is 2. The van der Waals surface area contributed by atoms with Gasteiger partial charge in [-0.05, 0) is 61.0 Å². The SMILES string of the molecule is Cc1ccc(NC(=O)c2ccc(C#N)cc2)cc1NC(=O)c1ccc(NCCN)nc1. The molecule has 0 spiro atoms. The highest BCUT2D eigenvalue weighted by atomic mass is 16.2. The van der Waals surface area contributed by atoms with E-state index in [0.29, 0.717) is 47.0 Å². The number of amides is 2. The minimum Gasteiger partial charge on any atom is -0.369 e. The van der Waals surface area contributed by atoms with Gasteiger partial charge in [-0.1, -0.05) is 6.07 Å². The van der Waals surface area contributed by atoms with Gasteiger partial charge in [-0.3, -0.25) is 9.59 Å². The molecule has 2 amide bonds. The summed E-state index contributed by atoms with van der Waals surface area (Å²) in [6.07, 6.45) is 1.49. The molecule has 0 radical (unpaired) electrons. The normalized spacial score (nSPS) is 10.1. The van der Waals surface area contributed by atoms with Gasteiger partial charge in [0.15, 0.2) is 0 Å². The number of rotatable bonds is 7. The first kappa shape index (κ1) is 21.5. The zero-order valence-corrected chi connectivity index (χ0v) is 17.0. The second kappa shape index (κ2) is 10.0. The van der Waals surface area contributed by atoms with Gasteiger partial charge >= 0.3 is 0 Å². The Morgan fingerprint density at radius 1 is 1.00 bits per heavy atom. The number of nitrogens with zero attached hydrogens (tertiary/aromatic N) is 2. The van der Waals surface area contributed by atoms with Crippen LogP contribution < -0.4 is 21.7 Å². The third-order valence-electron chi connectivity index (χ3n) is 4.50. The molecule has 3 aromatic rings. The van der Waals surface area contributed by atoms with E-state index in [2.05, 4.69) is 20.9 Å². The van der Waals surface area contributed by atoms with Crippen molar-refractivity contribution in [1.29, 1.82) is 5.26 Å². The lowest BCUT2D eigenvalue weighted by atomic mass is 10.1. The maximum absolute atomic E-state index is 12.6. The average Bonchev–Trinajstić information content (AvgIpc) is 2.80. The van der Waals surface area contributed by atoms with Crippen LogP contribution in [0.15, 0.2) is 60.8 Å². The lowest BCUT2D eigenvalue weighted by Crippen LogP contribution is -2.16. The molecule has 0 bridgehead atoms. The van der Waals surface area contributed by atoms with Crippen molar-refractivity contribution < 1.29 is 9.59 Å². The molecule has 0 fully saturated rings. The Bertz CT molecular complexity index is 1120. The van der Waals surface area contributed by atoms with Gasteiger partial charge in [0.25, 0.3) is 11.8 Å². The number of nitrogens with one attached hydrogen (secondary N) is 3. The number of carbonyl (C=O) groups excluding carboxylic acids is 2. The minimum atomic E-state index is -0.310. The second-order valence-corrected chi connectivity index (χ2v) is 6.77. The Labute approximate surface area is 180 Å². The van der Waals surface area contributed by atoms with E-state index in [1.165, 1.54) is 6.20 Å². The molecule has 3 rings (SSSR count). The number of nitriles is 1. The maximum Gasteiger partial charge on any atom is 0.257 e. The van der Waals surface area contributed by atoms with Crippen molar-refractivity contribution in [3.8, 4) is 6.07 Å². The van der Waals surface area contributed by atoms with Crippen LogP contribution in [0.3, 0.4) is 0 Å². The fraction of sp³-hybridized carbons (Fsp3) is 0.130. The van der Waals surface area contributed by atoms with Crippen molar-refractivity contribution >= 4 is 29.0 Å². The topological polar surface area (TPSA) is 133 Å². The highest BCUT2D eigenvalue weighted by molar-refractivity contribution is 6.06. The van der Waals surface area contributed by atoms with E-state index >= 15 is 0 Å². The van der Waals surface area contributed by atoms with Crippen LogP contribution >= 0.6 is 0 Å². The molecule has 8 nitrogen and oxygen atoms in total. The molecule has 5 N–H and O–H groups in total. The van der Waals surface area contributed by atoms with Crippen LogP contribution in [0, 0.1) is 18.3 Å². The molecule has 0 atom stereocenters. The fourth-order valence-electron chi connectivity index (χ4n) is 2.76. The molecule has 8 heteroatoms. The summed E-state index contributed by atoms with van der Waals surface area (Å²) in [5.41, 5.74) is 8.73. The van der Waals surface area contributed by atoms with Crippen LogP contribution in [0.1, 0.15) is 31.8 Å². The number of nitrogens with two attached hydrogens (primary N) is 1. The molecule has 0 unspecified atom stereocenters. The van der Waals surface area contributed by atoms with Crippen molar-refractivity contribution in [3.63, 3.8) is 0 Å². The number of hydrogen-bond donors (Lipinski definition) is 4. The highest BCUT2D eigenvalue weighted by Crippen LogP contribution is 2.22. The first-order valence-electron chi connectivity index (χ1n) is 9.63. The van der Waals surface area contributed by atoms with Crippen LogP contribution in [-0.4, -0.2) is 29.9 Å². The third kappa shape index (κ3) is 5.65. The molecule has 1 heterocycles. The monoisotopic (exact) mass is 414 g/mol. The van der Waals surface area contributed by atoms with E-state index in [0.717, 1.165) is 5.56 Å². The van der Waals surface area contributed by atoms with Crippen LogP contribution in [-0.2, 0) is 0 Å². The summed E-state index contributed by atoms with van der Waals surface area (Å²) in [5.74, 6) is 0.0256. The van der Waals surface area contributed by atoms with Gasteiger partial charge in [-0.25, -0.2) is 4.98 Å². The van der Waals surface area contributed by atoms with Gasteiger partial charge in [0.1, 0.15) is 5.82 Å². The van der Waals surface area contributed by atoms with E-state index in [1.54, 1.807) is 48.5 Å². The number of benzene rings is 2. The Hall–Kier alpha value is -4.22. The van der Waals surface area contributed by atoms with Gasteiger partial charge in [-0.15, -0.1) is 0 Å². The largest absolute Gasteiger partial charge is 0.369 e. The predicted octanol–water partition coefficient (Wildman–Crippen LogP) is 3.14. The molecular formula is C23H22N6O2. The molecule has 0 aliphatic heterocycles. The molecule has 0 aliphatic rings. The Morgan fingerprint density at radius 3 is 2.35 bits per heavy atom. The molecule has 156 valence electrons. The van der Waals surface area contributed by atoms with Crippen LogP contribution in [0.2, 0.25) is 0 Å². The summed E-state index contributed by atoms with van der Waals surface area (Å²) in [4.78, 5) is 29.3. The molecule has 2 aromatic carbocycles. The Morgan fingerprint density at radius 2 is 1.71 bits per heavy atom. The van der Waals surface area contributed by atoms with E-state index < -0.39 is 0 Å². The molecule has 0 saturated heterocycles. The summed E-state index contributed by atoms with van der Waals surface area (Å²) in [6, 6.07) is 17.0. The number of anilines is 3. The molecule has 0 aliphatic carbocycles. The van der Waals surface area contributed by atoms with Crippen molar-refractivity contribution in [2.75, 3.05) is 29.0 Å². The zero-order valence-electron chi connectivity index (χ0n) is 17.0. The maximum atomic E-state index is 12.6. The highest BCUT2D eigenvalue weighted by Gasteiger charge is 2.11. The molecule has 0 saturated carbocycles. The molecule has 31 heavy (non-hydrogen) atoms. The van der Waals surface area contributed by atoms with E-state index in [1.807, 2.05) is 19.1 Å². The standard InChI is InChI=1S/C23H22N6O2/c1-15-2-8-19(28-22(30)17-5-3-16(13-25)4-6-17)12-20(15)29-23(31)18-7-9-21(27-14-18)26-11-10-24/h2-9,12,14H,10-11,24H2,1H3,(H,26,27)(H,28,30)(H,29,31). The summed E-state index contributed by atoms with van der Waals surface area (Å²) in [7, 11) is 0. The van der Waals surface area contributed by atoms with Crippen LogP contribution in [0.25, 0.3) is 0 Å². The summed E-state index contributed by atoms with van der Waals surface area (Å²) < 4.78 is 0. The summed E-state index contributed by atoms with van der Waals surface area (Å²) in [6.45, 7) is 2.94. The van der Waals surface area contributed by atoms with Gasteiger partial charge in [0.2, 0.25) is 0 Å². The number of aryl methyl sites for hydroxylation is 1. The van der Waals surface area contributed by atoms with Crippen molar-refractivity contribution in [1.82, 2.24) is 4.98 Å². The van der Waals surface area contributed by atoms with Gasteiger partial charge in [-0.2, -0.15) is 5.26 Å². The fourth-order valence-corrected chi connectivity index (χ4v) is 2.76. The van der Waals surface area contributed by atoms with Gasteiger partial charge in [0.05, 0.1) is 17.2 Å². The van der Waals surface area contributed by atoms with Gasteiger partial charge < -0.3 is 21.7 Å². The molecular weight excluding hydrogens is 392 g/mol. The number of hydrogen-bond acceptors (Lipinski definition) is 6. The summed E-state index contributed by atoms with van der Waals surface area (Å²) in [5, 5.41) is 17.6. The van der Waals surface area contributed by atoms with Gasteiger partial charge in [0, 0.05) is 36.2 Å². The Balaban J connectivity index is 1.69. The van der Waals surface area contributed by atoms with Crippen LogP contribution in [0.5, 0.6) is 0 Å². The van der Waals surface area contributed by atoms with Crippen molar-refractivity contribution in [2.45, 2.75) is 6.92 Å². The predicted molar refractivity (Wildman–Crippen MR) is 120 cm³/mol. The van der Waals surface area contributed by atoms with Crippen LogP contribution in [0.4, 0.5) is 17.2 Å². The smallest absolute Gasteiger partial charge is 0.257 e. The lowest BCUT2D eigenvalue weighted by Gasteiger charge is -2.12. The number of pyridine rings is 1. The van der Waals surface area contributed by atoms with Crippen molar-refractivity contribution in [3.05, 3.63) is 83.0 Å². The number of aromatic nitrogens is 1. The molecule has 1 aromatic heterocycles. The second-order valence-electron chi connectivity index (χ2n) is 6.77.